The molecule has 1 fully saturated rings. The van der Waals surface area contributed by atoms with E-state index in [1.165, 1.54) is 16.4 Å². The highest BCUT2D eigenvalue weighted by atomic mass is 35.5. The molecule has 0 atom stereocenters. The summed E-state index contributed by atoms with van der Waals surface area (Å²) in [6.45, 7) is 0.459. The maximum absolute atomic E-state index is 12.9. The molecule has 1 aliphatic heterocycles. The predicted octanol–water partition coefficient (Wildman–Crippen LogP) is 3.54. The van der Waals surface area contributed by atoms with Crippen LogP contribution < -0.4 is 10.9 Å². The van der Waals surface area contributed by atoms with Gasteiger partial charge < -0.3 is 0 Å². The molecule has 0 unspecified atom stereocenters. The normalized spacial score (nSPS) is 16.1. The molecule has 0 aromatic heterocycles. The third kappa shape index (κ3) is 4.55. The molecule has 1 saturated heterocycles. The van der Waals surface area contributed by atoms with Gasteiger partial charge in [0.05, 0.1) is 15.7 Å². The molecule has 0 bridgehead atoms. The number of rotatable bonds is 5. The molecule has 2 aromatic carbocycles. The molecule has 1 amide bonds. The minimum absolute atomic E-state index is 0.0815. The van der Waals surface area contributed by atoms with Crippen LogP contribution >= 0.6 is 23.2 Å². The van der Waals surface area contributed by atoms with Crippen LogP contribution in [-0.4, -0.2) is 31.7 Å². The van der Waals surface area contributed by atoms with Crippen LogP contribution in [-0.2, 0) is 14.8 Å². The summed E-state index contributed by atoms with van der Waals surface area (Å²) in [7, 11) is -3.81. The average Bonchev–Trinajstić information content (AvgIpc) is 2.67. The summed E-state index contributed by atoms with van der Waals surface area (Å²) in [5.74, 6) is -0.430. The molecule has 0 saturated carbocycles. The topological polar surface area (TPSA) is 78.5 Å². The van der Waals surface area contributed by atoms with Crippen LogP contribution in [0.15, 0.2) is 53.4 Å². The average molecular weight is 428 g/mol. The van der Waals surface area contributed by atoms with Gasteiger partial charge in [0.1, 0.15) is 4.90 Å². The standard InChI is InChI=1S/C18H19Cl2N3O3S/c19-15-7-4-8-16(20)17(15)27(25,26)23-11-9-13(10-12-23)18(24)22-21-14-5-2-1-3-6-14/h1-8,13,21H,9-12H2,(H,22,24). The summed E-state index contributed by atoms with van der Waals surface area (Å²) >= 11 is 12.1. The fourth-order valence-corrected chi connectivity index (χ4v) is 5.53. The number of carbonyl (C=O) groups excluding carboxylic acids is 1. The second-order valence-electron chi connectivity index (χ2n) is 6.21. The number of nitrogens with zero attached hydrogens (tertiary/aromatic N) is 1. The SMILES string of the molecule is O=C(NNc1ccccc1)C1CCN(S(=O)(=O)c2c(Cl)cccc2Cl)CC1. The van der Waals surface area contributed by atoms with Gasteiger partial charge in [-0.05, 0) is 37.1 Å². The van der Waals surface area contributed by atoms with E-state index in [4.69, 9.17) is 23.2 Å². The Labute approximate surface area is 168 Å². The maximum atomic E-state index is 12.9. The summed E-state index contributed by atoms with van der Waals surface area (Å²) in [6, 6.07) is 13.9. The predicted molar refractivity (Wildman–Crippen MR) is 106 cm³/mol. The summed E-state index contributed by atoms with van der Waals surface area (Å²) in [5.41, 5.74) is 6.31. The van der Waals surface area contributed by atoms with Crippen LogP contribution in [0.4, 0.5) is 5.69 Å². The molecule has 27 heavy (non-hydrogen) atoms. The van der Waals surface area contributed by atoms with E-state index in [0.717, 1.165) is 5.69 Å². The number of hydrazine groups is 1. The van der Waals surface area contributed by atoms with E-state index in [9.17, 15) is 13.2 Å². The Morgan fingerprint density at radius 1 is 0.963 bits per heavy atom. The number of benzene rings is 2. The Morgan fingerprint density at radius 3 is 2.15 bits per heavy atom. The third-order valence-corrected chi connectivity index (χ3v) is 7.30. The molecule has 1 heterocycles. The van der Waals surface area contributed by atoms with E-state index in [0.29, 0.717) is 12.8 Å². The lowest BCUT2D eigenvalue weighted by atomic mass is 9.98. The second kappa shape index (κ2) is 8.48. The fourth-order valence-electron chi connectivity index (χ4n) is 2.97. The number of amides is 1. The number of para-hydroxylation sites is 1. The molecule has 2 N–H and O–H groups in total. The van der Waals surface area contributed by atoms with Gasteiger partial charge in [-0.25, -0.2) is 8.42 Å². The van der Waals surface area contributed by atoms with Gasteiger partial charge in [0.2, 0.25) is 15.9 Å². The van der Waals surface area contributed by atoms with Crippen LogP contribution in [0.5, 0.6) is 0 Å². The first-order chi connectivity index (χ1) is 12.9. The molecule has 0 spiro atoms. The van der Waals surface area contributed by atoms with E-state index >= 15 is 0 Å². The number of nitrogens with one attached hydrogen (secondary N) is 2. The van der Waals surface area contributed by atoms with Crippen molar-refractivity contribution in [2.24, 2.45) is 5.92 Å². The molecular weight excluding hydrogens is 409 g/mol. The lowest BCUT2D eigenvalue weighted by Gasteiger charge is -2.31. The zero-order valence-electron chi connectivity index (χ0n) is 14.4. The molecule has 2 aromatic rings. The van der Waals surface area contributed by atoms with Gasteiger partial charge in [0, 0.05) is 19.0 Å². The van der Waals surface area contributed by atoms with E-state index in [-0.39, 0.29) is 39.9 Å². The van der Waals surface area contributed by atoms with Gasteiger partial charge in [-0.3, -0.25) is 15.6 Å². The largest absolute Gasteiger partial charge is 0.299 e. The Bertz CT molecular complexity index is 894. The summed E-state index contributed by atoms with van der Waals surface area (Å²) in [5, 5.41) is 0.184. The summed E-state index contributed by atoms with van der Waals surface area (Å²) < 4.78 is 27.0. The Balaban J connectivity index is 1.60. The van der Waals surface area contributed by atoms with Crippen LogP contribution in [0.3, 0.4) is 0 Å². The monoisotopic (exact) mass is 427 g/mol. The molecule has 144 valence electrons. The molecule has 0 aliphatic carbocycles. The van der Waals surface area contributed by atoms with E-state index in [2.05, 4.69) is 10.9 Å². The minimum Gasteiger partial charge on any atom is -0.299 e. The first kappa shape index (κ1) is 19.9. The first-order valence-corrected chi connectivity index (χ1v) is 10.6. The molecular formula is C18H19Cl2N3O3S. The second-order valence-corrected chi connectivity index (χ2v) is 8.90. The lowest BCUT2D eigenvalue weighted by Crippen LogP contribution is -2.44. The number of hydrogen-bond acceptors (Lipinski definition) is 4. The van der Waals surface area contributed by atoms with Crippen molar-refractivity contribution in [2.45, 2.75) is 17.7 Å². The number of piperidine rings is 1. The van der Waals surface area contributed by atoms with E-state index < -0.39 is 10.0 Å². The Hall–Kier alpha value is -1.80. The number of anilines is 1. The molecule has 9 heteroatoms. The van der Waals surface area contributed by atoms with Gasteiger partial charge in [0.25, 0.3) is 0 Å². The van der Waals surface area contributed by atoms with Crippen molar-refractivity contribution >= 4 is 44.8 Å². The fraction of sp³-hybridized carbons (Fsp3) is 0.278. The van der Waals surface area contributed by atoms with Gasteiger partial charge >= 0.3 is 0 Å². The number of carbonyl (C=O) groups is 1. The molecule has 1 aliphatic rings. The smallest absolute Gasteiger partial charge is 0.246 e. The van der Waals surface area contributed by atoms with Gasteiger partial charge in [0.15, 0.2) is 0 Å². The van der Waals surface area contributed by atoms with Gasteiger partial charge in [-0.2, -0.15) is 4.31 Å². The molecule has 0 radical (unpaired) electrons. The first-order valence-electron chi connectivity index (χ1n) is 8.44. The van der Waals surface area contributed by atoms with Crippen molar-refractivity contribution in [3.05, 3.63) is 58.6 Å². The van der Waals surface area contributed by atoms with Crippen molar-refractivity contribution in [1.29, 1.82) is 0 Å². The van der Waals surface area contributed by atoms with Crippen molar-refractivity contribution in [3.63, 3.8) is 0 Å². The summed E-state index contributed by atoms with van der Waals surface area (Å²) in [4.78, 5) is 12.2. The number of halogens is 2. The van der Waals surface area contributed by atoms with Gasteiger partial charge in [-0.15, -0.1) is 0 Å². The van der Waals surface area contributed by atoms with Crippen molar-refractivity contribution in [2.75, 3.05) is 18.5 Å². The lowest BCUT2D eigenvalue weighted by molar-refractivity contribution is -0.125. The van der Waals surface area contributed by atoms with Crippen molar-refractivity contribution in [3.8, 4) is 0 Å². The van der Waals surface area contributed by atoms with E-state index in [1.807, 2.05) is 30.3 Å². The van der Waals surface area contributed by atoms with E-state index in [1.54, 1.807) is 6.07 Å². The highest BCUT2D eigenvalue weighted by Crippen LogP contribution is 2.33. The van der Waals surface area contributed by atoms with Crippen molar-refractivity contribution < 1.29 is 13.2 Å². The van der Waals surface area contributed by atoms with Gasteiger partial charge in [-0.1, -0.05) is 47.5 Å². The van der Waals surface area contributed by atoms with Crippen LogP contribution in [0.2, 0.25) is 10.0 Å². The Morgan fingerprint density at radius 2 is 1.56 bits per heavy atom. The van der Waals surface area contributed by atoms with Crippen molar-refractivity contribution in [1.82, 2.24) is 9.73 Å². The molecule has 6 nitrogen and oxygen atoms in total. The zero-order chi connectivity index (χ0) is 19.4. The molecule has 3 rings (SSSR count). The van der Waals surface area contributed by atoms with Crippen LogP contribution in [0, 0.1) is 5.92 Å². The quantitative estimate of drug-likeness (QED) is 0.715. The number of hydrogen-bond donors (Lipinski definition) is 2. The zero-order valence-corrected chi connectivity index (χ0v) is 16.7. The maximum Gasteiger partial charge on any atom is 0.246 e. The Kier molecular flexibility index (Phi) is 6.26. The number of sulfonamides is 1. The van der Waals surface area contributed by atoms with Crippen LogP contribution in [0.1, 0.15) is 12.8 Å². The third-order valence-electron chi connectivity index (χ3n) is 4.45. The minimum atomic E-state index is -3.81. The highest BCUT2D eigenvalue weighted by Gasteiger charge is 2.34. The summed E-state index contributed by atoms with van der Waals surface area (Å²) in [6.07, 6.45) is 0.840. The highest BCUT2D eigenvalue weighted by molar-refractivity contribution is 7.89. The van der Waals surface area contributed by atoms with Crippen LogP contribution in [0.25, 0.3) is 0 Å².